The first kappa shape index (κ1) is 24.9. The molecule has 0 unspecified atom stereocenters. The lowest BCUT2D eigenvalue weighted by atomic mass is 9.83. The van der Waals surface area contributed by atoms with Crippen LogP contribution in [0.2, 0.25) is 0 Å². The molecule has 0 saturated carbocycles. The van der Waals surface area contributed by atoms with E-state index in [0.29, 0.717) is 0 Å². The summed E-state index contributed by atoms with van der Waals surface area (Å²) in [5.74, 6) is -7.98. The number of benzene rings is 3. The quantitative estimate of drug-likeness (QED) is 0.495. The molecule has 6 nitrogen and oxygen atoms in total. The van der Waals surface area contributed by atoms with Crippen molar-refractivity contribution in [1.82, 2.24) is 0 Å². The lowest BCUT2D eigenvalue weighted by Gasteiger charge is -2.34. The highest BCUT2D eigenvalue weighted by molar-refractivity contribution is 5.97. The number of halogens is 2. The summed E-state index contributed by atoms with van der Waals surface area (Å²) in [5.41, 5.74) is 4.34. The Hall–Kier alpha value is -3.20. The van der Waals surface area contributed by atoms with E-state index in [2.05, 4.69) is 0 Å². The van der Waals surface area contributed by atoms with Gasteiger partial charge in [0.1, 0.15) is 11.6 Å². The molecule has 0 aromatic heterocycles. The second kappa shape index (κ2) is 9.11. The summed E-state index contributed by atoms with van der Waals surface area (Å²) < 4.78 is 48.1. The Morgan fingerprint density at radius 2 is 1.66 bits per heavy atom. The fourth-order valence-electron chi connectivity index (χ4n) is 4.14. The number of Topliss-reactive ketones (excluding diaryl/α,β-unsaturated/α-hetero) is 1. The number of hydrogen-bond donors (Lipinski definition) is 1. The van der Waals surface area contributed by atoms with Crippen molar-refractivity contribution >= 4 is 22.5 Å². The van der Waals surface area contributed by atoms with Crippen LogP contribution < -0.4 is 5.73 Å². The van der Waals surface area contributed by atoms with E-state index in [0.717, 1.165) is 10.8 Å². The maximum Gasteiger partial charge on any atom is 0.346 e. The predicted octanol–water partition coefficient (Wildman–Crippen LogP) is 4.60. The highest BCUT2D eigenvalue weighted by Crippen LogP contribution is 2.38. The third kappa shape index (κ3) is 4.96. The van der Waals surface area contributed by atoms with E-state index in [1.54, 1.807) is 56.3 Å². The lowest BCUT2D eigenvalue weighted by Crippen LogP contribution is -2.59. The lowest BCUT2D eigenvalue weighted by molar-refractivity contribution is -0.197. The summed E-state index contributed by atoms with van der Waals surface area (Å²) in [6.07, 6.45) is -3.65. The van der Waals surface area contributed by atoms with Gasteiger partial charge in [-0.15, -0.1) is 0 Å². The Morgan fingerprint density at radius 1 is 1.03 bits per heavy atom. The number of ether oxygens (including phenoxy) is 3. The first-order valence-corrected chi connectivity index (χ1v) is 11.2. The molecule has 2 N–H and O–H groups in total. The third-order valence-corrected chi connectivity index (χ3v) is 6.09. The molecule has 1 heterocycles. The zero-order valence-electron chi connectivity index (χ0n) is 19.7. The van der Waals surface area contributed by atoms with E-state index in [-0.39, 0.29) is 17.7 Å². The molecule has 1 aliphatic heterocycles. The molecule has 3 aromatic rings. The molecule has 1 aliphatic rings. The van der Waals surface area contributed by atoms with Crippen LogP contribution in [0.15, 0.2) is 72.8 Å². The van der Waals surface area contributed by atoms with Crippen molar-refractivity contribution in [1.29, 1.82) is 0 Å². The molecule has 0 amide bonds. The average molecular weight is 484 g/mol. The predicted molar refractivity (Wildman–Crippen MR) is 126 cm³/mol. The van der Waals surface area contributed by atoms with Crippen molar-refractivity contribution < 1.29 is 32.6 Å². The topological polar surface area (TPSA) is 87.9 Å². The van der Waals surface area contributed by atoms with Crippen LogP contribution in [-0.2, 0) is 24.5 Å². The number of nitrogens with two attached hydrogens (primary N) is 1. The molecule has 3 atom stereocenters. The van der Waals surface area contributed by atoms with Gasteiger partial charge in [0, 0.05) is 0 Å². The first-order chi connectivity index (χ1) is 16.4. The molecule has 0 aliphatic carbocycles. The molecule has 4 rings (SSSR count). The van der Waals surface area contributed by atoms with Crippen molar-refractivity contribution in [3.05, 3.63) is 83.9 Å². The Morgan fingerprint density at radius 3 is 2.29 bits per heavy atom. The van der Waals surface area contributed by atoms with Crippen molar-refractivity contribution in [2.75, 3.05) is 6.61 Å². The smallest absolute Gasteiger partial charge is 0.346 e. The van der Waals surface area contributed by atoms with Crippen LogP contribution in [0.25, 0.3) is 10.8 Å². The highest BCUT2D eigenvalue weighted by atomic mass is 19.3. The number of hydrogen-bond acceptors (Lipinski definition) is 6. The van der Waals surface area contributed by atoms with Gasteiger partial charge in [0.15, 0.2) is 5.79 Å². The Kier molecular flexibility index (Phi) is 6.48. The maximum absolute atomic E-state index is 15.9. The average Bonchev–Trinajstić information content (AvgIpc) is 3.20. The summed E-state index contributed by atoms with van der Waals surface area (Å²) in [6, 6.07) is 19.9. The van der Waals surface area contributed by atoms with Crippen molar-refractivity contribution in [2.45, 2.75) is 50.2 Å². The fraction of sp³-hybridized carbons (Fsp3) is 0.333. The fourth-order valence-corrected chi connectivity index (χ4v) is 4.14. The zero-order chi connectivity index (χ0) is 25.4. The summed E-state index contributed by atoms with van der Waals surface area (Å²) in [6.45, 7) is 4.01. The van der Waals surface area contributed by atoms with E-state index in [1.807, 2.05) is 12.1 Å². The number of esters is 1. The molecule has 35 heavy (non-hydrogen) atoms. The third-order valence-electron chi connectivity index (χ3n) is 6.09. The van der Waals surface area contributed by atoms with Gasteiger partial charge < -0.3 is 19.9 Å². The molecule has 0 radical (unpaired) electrons. The molecule has 184 valence electrons. The second-order valence-corrected chi connectivity index (χ2v) is 9.28. The monoisotopic (exact) mass is 483 g/mol. The van der Waals surface area contributed by atoms with Gasteiger partial charge in [0.05, 0.1) is 12.2 Å². The van der Waals surface area contributed by atoms with E-state index in [9.17, 15) is 9.59 Å². The summed E-state index contributed by atoms with van der Waals surface area (Å²) in [5, 5.41) is 1.61. The summed E-state index contributed by atoms with van der Waals surface area (Å²) in [7, 11) is 0. The highest BCUT2D eigenvalue weighted by Gasteiger charge is 2.60. The Labute approximate surface area is 202 Å². The van der Waals surface area contributed by atoms with E-state index in [4.69, 9.17) is 19.9 Å². The van der Waals surface area contributed by atoms with Gasteiger partial charge in [0.2, 0.25) is 11.9 Å². The van der Waals surface area contributed by atoms with Gasteiger partial charge in [-0.05, 0) is 49.2 Å². The standard InChI is InChI=1S/C27H27F2NO5/c1-25(2)33-16-21(35-25)22(27(28,29)24(32)26(3,30)20-11-5-4-6-12-20)34-23(31)19-14-13-17-9-7-8-10-18(17)15-19/h4-15,21-22H,16,30H2,1-3H3/t21-,22-,26-/m1/s1. The van der Waals surface area contributed by atoms with Crippen LogP contribution in [-0.4, -0.2) is 42.3 Å². The molecule has 1 fully saturated rings. The molecule has 0 spiro atoms. The van der Waals surface area contributed by atoms with Crippen LogP contribution >= 0.6 is 0 Å². The largest absolute Gasteiger partial charge is 0.449 e. The second-order valence-electron chi connectivity index (χ2n) is 9.28. The van der Waals surface area contributed by atoms with Crippen LogP contribution in [0, 0.1) is 0 Å². The SMILES string of the molecule is CC1(C)OC[C@H]([C@@H](OC(=O)c2ccc3ccccc3c2)C(F)(F)C(=O)[C@](C)(N)c2ccccc2)O1. The minimum atomic E-state index is -4.18. The van der Waals surface area contributed by atoms with Crippen LogP contribution in [0.1, 0.15) is 36.7 Å². The minimum Gasteiger partial charge on any atom is -0.449 e. The number of carbonyl (C=O) groups is 2. The van der Waals surface area contributed by atoms with Gasteiger partial charge in [-0.1, -0.05) is 60.7 Å². The van der Waals surface area contributed by atoms with Gasteiger partial charge in [-0.25, -0.2) is 4.79 Å². The molecule has 8 heteroatoms. The number of rotatable bonds is 7. The van der Waals surface area contributed by atoms with Crippen molar-refractivity contribution in [3.63, 3.8) is 0 Å². The Balaban J connectivity index is 1.67. The number of alkyl halides is 2. The van der Waals surface area contributed by atoms with Crippen molar-refractivity contribution in [2.24, 2.45) is 5.73 Å². The van der Waals surface area contributed by atoms with Gasteiger partial charge in [0.25, 0.3) is 0 Å². The Bertz CT molecular complexity index is 1240. The van der Waals surface area contributed by atoms with Gasteiger partial charge in [-0.3, -0.25) is 4.79 Å². The molecular weight excluding hydrogens is 456 g/mol. The molecule has 3 aromatic carbocycles. The van der Waals surface area contributed by atoms with E-state index >= 15 is 8.78 Å². The van der Waals surface area contributed by atoms with Crippen LogP contribution in [0.5, 0.6) is 0 Å². The molecular formula is C27H27F2NO5. The minimum absolute atomic E-state index is 0.0636. The molecule has 1 saturated heterocycles. The van der Waals surface area contributed by atoms with Gasteiger partial charge >= 0.3 is 11.9 Å². The first-order valence-electron chi connectivity index (χ1n) is 11.2. The normalized spacial score (nSPS) is 20.2. The van der Waals surface area contributed by atoms with Gasteiger partial charge in [-0.2, -0.15) is 8.78 Å². The number of fused-ring (bicyclic) bond motifs is 1. The summed E-state index contributed by atoms with van der Waals surface area (Å²) in [4.78, 5) is 26.2. The number of carbonyl (C=O) groups excluding carboxylic acids is 2. The van der Waals surface area contributed by atoms with Crippen LogP contribution in [0.3, 0.4) is 0 Å². The zero-order valence-corrected chi connectivity index (χ0v) is 19.7. The maximum atomic E-state index is 15.9. The van der Waals surface area contributed by atoms with E-state index < -0.39 is 41.2 Å². The molecule has 0 bridgehead atoms. The van der Waals surface area contributed by atoms with Crippen molar-refractivity contribution in [3.8, 4) is 0 Å². The van der Waals surface area contributed by atoms with E-state index in [1.165, 1.54) is 25.1 Å². The summed E-state index contributed by atoms with van der Waals surface area (Å²) >= 11 is 0. The number of ketones is 1. The van der Waals surface area contributed by atoms with Crippen LogP contribution in [0.4, 0.5) is 8.78 Å².